The van der Waals surface area contributed by atoms with Gasteiger partial charge in [-0.15, -0.1) is 0 Å². The van der Waals surface area contributed by atoms with Crippen LogP contribution in [0.3, 0.4) is 0 Å². The third-order valence-electron chi connectivity index (χ3n) is 3.92. The Morgan fingerprint density at radius 3 is 2.60 bits per heavy atom. The Balaban J connectivity index is 2.39. The maximum atomic E-state index is 14.4. The number of rotatable bonds is 4. The predicted molar refractivity (Wildman–Crippen MR) is 82.2 cm³/mol. The Hall–Kier alpha value is -0.490. The molecule has 0 aliphatic carbocycles. The Bertz CT molecular complexity index is 461. The number of piperazine rings is 1. The van der Waals surface area contributed by atoms with Crippen LogP contribution >= 0.6 is 15.9 Å². The topological polar surface area (TPSA) is 35.5 Å². The van der Waals surface area contributed by atoms with Gasteiger partial charge in [0.25, 0.3) is 0 Å². The minimum absolute atomic E-state index is 0.0249. The highest BCUT2D eigenvalue weighted by molar-refractivity contribution is 9.10. The summed E-state index contributed by atoms with van der Waals surface area (Å²) >= 11 is 3.30. The van der Waals surface area contributed by atoms with Gasteiger partial charge in [0.05, 0.1) is 0 Å². The molecule has 5 heteroatoms. The lowest BCUT2D eigenvalue weighted by molar-refractivity contribution is 0.0286. The van der Waals surface area contributed by atoms with Gasteiger partial charge in [0.1, 0.15) is 5.82 Å². The monoisotopic (exact) mass is 344 g/mol. The molecule has 2 rings (SSSR count). The van der Waals surface area contributed by atoms with E-state index in [2.05, 4.69) is 26.1 Å². The van der Waals surface area contributed by atoms with Crippen LogP contribution in [0.25, 0.3) is 0 Å². The average molecular weight is 345 g/mol. The second-order valence-electron chi connectivity index (χ2n) is 6.00. The van der Waals surface area contributed by atoms with Crippen LogP contribution in [-0.2, 0) is 0 Å². The minimum Gasteiger partial charge on any atom is -0.396 e. The molecule has 0 spiro atoms. The van der Waals surface area contributed by atoms with Crippen LogP contribution in [0.1, 0.15) is 25.5 Å². The summed E-state index contributed by atoms with van der Waals surface area (Å²) in [6.07, 6.45) is 0. The first-order chi connectivity index (χ1) is 9.45. The molecule has 0 radical (unpaired) electrons. The molecule has 1 atom stereocenters. The lowest BCUT2D eigenvalue weighted by Crippen LogP contribution is -2.49. The van der Waals surface area contributed by atoms with E-state index in [4.69, 9.17) is 0 Å². The van der Waals surface area contributed by atoms with Crippen molar-refractivity contribution in [1.29, 1.82) is 0 Å². The number of hydrogen-bond acceptors (Lipinski definition) is 3. The van der Waals surface area contributed by atoms with Crippen molar-refractivity contribution >= 4 is 15.9 Å². The summed E-state index contributed by atoms with van der Waals surface area (Å²) in [7, 11) is 0. The van der Waals surface area contributed by atoms with Gasteiger partial charge in [-0.1, -0.05) is 35.8 Å². The quantitative estimate of drug-likeness (QED) is 0.881. The zero-order valence-electron chi connectivity index (χ0n) is 12.0. The van der Waals surface area contributed by atoms with E-state index in [0.29, 0.717) is 5.56 Å². The zero-order valence-corrected chi connectivity index (χ0v) is 13.6. The van der Waals surface area contributed by atoms with Crippen molar-refractivity contribution in [1.82, 2.24) is 10.2 Å². The van der Waals surface area contributed by atoms with Gasteiger partial charge in [-0.05, 0) is 12.1 Å². The van der Waals surface area contributed by atoms with Gasteiger partial charge in [-0.25, -0.2) is 4.39 Å². The van der Waals surface area contributed by atoms with E-state index in [1.807, 2.05) is 26.0 Å². The zero-order chi connectivity index (χ0) is 14.8. The number of hydrogen-bond donors (Lipinski definition) is 2. The maximum absolute atomic E-state index is 14.4. The number of benzene rings is 1. The summed E-state index contributed by atoms with van der Waals surface area (Å²) in [5, 5.41) is 13.0. The smallest absolute Gasteiger partial charge is 0.129 e. The van der Waals surface area contributed by atoms with Gasteiger partial charge in [-0.3, -0.25) is 4.90 Å². The van der Waals surface area contributed by atoms with Crippen LogP contribution in [0.15, 0.2) is 22.7 Å². The largest absolute Gasteiger partial charge is 0.396 e. The van der Waals surface area contributed by atoms with E-state index < -0.39 is 5.41 Å². The van der Waals surface area contributed by atoms with Crippen molar-refractivity contribution in [3.8, 4) is 0 Å². The molecule has 1 aromatic carbocycles. The third-order valence-corrected chi connectivity index (χ3v) is 4.41. The Morgan fingerprint density at radius 1 is 1.40 bits per heavy atom. The van der Waals surface area contributed by atoms with E-state index in [1.165, 1.54) is 6.07 Å². The van der Waals surface area contributed by atoms with Gasteiger partial charge < -0.3 is 10.4 Å². The van der Waals surface area contributed by atoms with Gasteiger partial charge in [0.2, 0.25) is 0 Å². The van der Waals surface area contributed by atoms with Crippen LogP contribution < -0.4 is 5.32 Å². The molecular formula is C15H22BrFN2O. The summed E-state index contributed by atoms with van der Waals surface area (Å²) < 4.78 is 15.1. The van der Waals surface area contributed by atoms with Crippen LogP contribution in [0.2, 0.25) is 0 Å². The molecule has 0 amide bonds. The molecule has 1 heterocycles. The second kappa shape index (κ2) is 6.52. The highest BCUT2D eigenvalue weighted by Crippen LogP contribution is 2.39. The Morgan fingerprint density at radius 2 is 2.05 bits per heavy atom. The molecule has 2 N–H and O–H groups in total. The lowest BCUT2D eigenvalue weighted by Gasteiger charge is -2.43. The lowest BCUT2D eigenvalue weighted by atomic mass is 9.79. The van der Waals surface area contributed by atoms with Crippen LogP contribution in [0.5, 0.6) is 0 Å². The van der Waals surface area contributed by atoms with Gasteiger partial charge in [-0.2, -0.15) is 0 Å². The Labute approximate surface area is 128 Å². The first-order valence-corrected chi connectivity index (χ1v) is 7.75. The van der Waals surface area contributed by atoms with Crippen LogP contribution in [0.4, 0.5) is 4.39 Å². The van der Waals surface area contributed by atoms with E-state index in [0.717, 1.165) is 30.7 Å². The van der Waals surface area contributed by atoms with Gasteiger partial charge in [0.15, 0.2) is 0 Å². The van der Waals surface area contributed by atoms with Crippen molar-refractivity contribution in [2.24, 2.45) is 5.41 Å². The third kappa shape index (κ3) is 3.39. The summed E-state index contributed by atoms with van der Waals surface area (Å²) in [6, 6.07) is 5.06. The number of nitrogens with one attached hydrogen (secondary N) is 1. The molecule has 1 aromatic rings. The van der Waals surface area contributed by atoms with Crippen molar-refractivity contribution in [2.75, 3.05) is 32.8 Å². The minimum atomic E-state index is -0.397. The molecule has 1 saturated heterocycles. The van der Waals surface area contributed by atoms with E-state index in [1.54, 1.807) is 0 Å². The molecule has 112 valence electrons. The molecular weight excluding hydrogens is 323 g/mol. The van der Waals surface area contributed by atoms with E-state index >= 15 is 0 Å². The standard InChI is InChI=1S/C15H22BrFN2O/c1-15(2,10-20)14(19-7-5-18-6-8-19)12-4-3-11(16)9-13(12)17/h3-4,9,14,18,20H,5-8,10H2,1-2H3/t14-/m0/s1. The maximum Gasteiger partial charge on any atom is 0.129 e. The van der Waals surface area contributed by atoms with Crippen molar-refractivity contribution in [3.05, 3.63) is 34.1 Å². The highest BCUT2D eigenvalue weighted by atomic mass is 79.9. The van der Waals surface area contributed by atoms with Crippen LogP contribution in [0, 0.1) is 11.2 Å². The molecule has 0 saturated carbocycles. The van der Waals surface area contributed by atoms with E-state index in [-0.39, 0.29) is 18.5 Å². The average Bonchev–Trinajstić information content (AvgIpc) is 2.43. The molecule has 1 aliphatic heterocycles. The number of aliphatic hydroxyl groups is 1. The van der Waals surface area contributed by atoms with Crippen LogP contribution in [-0.4, -0.2) is 42.8 Å². The van der Waals surface area contributed by atoms with Crippen molar-refractivity contribution < 1.29 is 9.50 Å². The predicted octanol–water partition coefficient (Wildman–Crippen LogP) is 2.55. The molecule has 20 heavy (non-hydrogen) atoms. The molecule has 0 unspecified atom stereocenters. The molecule has 0 aromatic heterocycles. The van der Waals surface area contributed by atoms with Crippen molar-refractivity contribution in [2.45, 2.75) is 19.9 Å². The number of aliphatic hydroxyl groups excluding tert-OH is 1. The SMILES string of the molecule is CC(C)(CO)[C@H](c1ccc(Br)cc1F)N1CCNCC1. The summed E-state index contributed by atoms with van der Waals surface area (Å²) in [5.41, 5.74) is 0.264. The fourth-order valence-corrected chi connectivity index (χ4v) is 3.20. The fraction of sp³-hybridized carbons (Fsp3) is 0.600. The van der Waals surface area contributed by atoms with E-state index in [9.17, 15) is 9.50 Å². The summed E-state index contributed by atoms with van der Waals surface area (Å²) in [6.45, 7) is 7.53. The first-order valence-electron chi connectivity index (χ1n) is 6.96. The summed E-state index contributed by atoms with van der Waals surface area (Å²) in [4.78, 5) is 2.26. The van der Waals surface area contributed by atoms with Crippen molar-refractivity contribution in [3.63, 3.8) is 0 Å². The first kappa shape index (κ1) is 15.9. The normalized spacial score (nSPS) is 19.1. The van der Waals surface area contributed by atoms with Gasteiger partial charge >= 0.3 is 0 Å². The molecule has 0 bridgehead atoms. The number of halogens is 2. The second-order valence-corrected chi connectivity index (χ2v) is 6.92. The van der Waals surface area contributed by atoms with Gasteiger partial charge in [0, 0.05) is 54.3 Å². The molecule has 1 fully saturated rings. The molecule has 1 aliphatic rings. The number of nitrogens with zero attached hydrogens (tertiary/aromatic N) is 1. The highest BCUT2D eigenvalue weighted by Gasteiger charge is 2.37. The summed E-state index contributed by atoms with van der Waals surface area (Å²) in [5.74, 6) is -0.218. The Kier molecular flexibility index (Phi) is 5.18. The molecule has 3 nitrogen and oxygen atoms in total. The fourth-order valence-electron chi connectivity index (χ4n) is 2.86.